The molecule has 0 amide bonds. The number of hydrogen-bond donors (Lipinski definition) is 2. The van der Waals surface area contributed by atoms with E-state index in [0.29, 0.717) is 23.1 Å². The SMILES string of the molecule is N/C(=N/O)c1ccc(N2CCC(C(F)(F)F)CC2)cc1Br. The number of rotatable bonds is 2. The van der Waals surface area contributed by atoms with Crippen LogP contribution >= 0.6 is 15.9 Å². The van der Waals surface area contributed by atoms with Crippen LogP contribution in [0.2, 0.25) is 0 Å². The van der Waals surface area contributed by atoms with Crippen molar-refractivity contribution in [2.24, 2.45) is 16.8 Å². The fourth-order valence-electron chi connectivity index (χ4n) is 2.43. The van der Waals surface area contributed by atoms with Crippen LogP contribution in [0.3, 0.4) is 0 Å². The van der Waals surface area contributed by atoms with Gasteiger partial charge in [-0.05, 0) is 47.0 Å². The fraction of sp³-hybridized carbons (Fsp3) is 0.462. The van der Waals surface area contributed by atoms with Crippen molar-refractivity contribution in [2.75, 3.05) is 18.0 Å². The van der Waals surface area contributed by atoms with E-state index in [1.165, 1.54) is 0 Å². The third kappa shape index (κ3) is 3.61. The normalized spacial score (nSPS) is 18.1. The summed E-state index contributed by atoms with van der Waals surface area (Å²) in [5.74, 6) is -1.24. The molecule has 116 valence electrons. The van der Waals surface area contributed by atoms with Crippen LogP contribution in [0.15, 0.2) is 27.8 Å². The molecule has 1 aliphatic heterocycles. The Hall–Kier alpha value is -1.44. The lowest BCUT2D eigenvalue weighted by Crippen LogP contribution is -2.39. The quantitative estimate of drug-likeness (QED) is 0.365. The number of hydrogen-bond acceptors (Lipinski definition) is 3. The first-order valence-electron chi connectivity index (χ1n) is 6.42. The number of oxime groups is 1. The molecular formula is C13H15BrF3N3O. The molecule has 0 aliphatic carbocycles. The van der Waals surface area contributed by atoms with Gasteiger partial charge in [-0.1, -0.05) is 5.16 Å². The van der Waals surface area contributed by atoms with Crippen LogP contribution in [-0.4, -0.2) is 30.3 Å². The second-order valence-corrected chi connectivity index (χ2v) is 5.81. The lowest BCUT2D eigenvalue weighted by atomic mass is 9.96. The van der Waals surface area contributed by atoms with E-state index in [0.717, 1.165) is 5.69 Å². The molecule has 2 rings (SSSR count). The number of nitrogens with zero attached hydrogens (tertiary/aromatic N) is 2. The van der Waals surface area contributed by atoms with Gasteiger partial charge in [-0.15, -0.1) is 0 Å². The first kappa shape index (κ1) is 15.9. The monoisotopic (exact) mass is 365 g/mol. The summed E-state index contributed by atoms with van der Waals surface area (Å²) in [6, 6.07) is 5.19. The first-order valence-corrected chi connectivity index (χ1v) is 7.21. The van der Waals surface area contributed by atoms with E-state index in [1.807, 2.05) is 4.90 Å². The number of anilines is 1. The standard InChI is InChI=1S/C13H15BrF3N3O/c14-11-7-9(1-2-10(11)12(18)19-21)20-5-3-8(4-6-20)13(15,16)17/h1-2,7-8,21H,3-6H2,(H2,18,19). The maximum absolute atomic E-state index is 12.6. The van der Waals surface area contributed by atoms with Gasteiger partial charge in [-0.3, -0.25) is 0 Å². The highest BCUT2D eigenvalue weighted by molar-refractivity contribution is 9.10. The van der Waals surface area contributed by atoms with E-state index in [-0.39, 0.29) is 18.7 Å². The van der Waals surface area contributed by atoms with E-state index >= 15 is 0 Å². The molecule has 8 heteroatoms. The molecule has 0 unspecified atom stereocenters. The van der Waals surface area contributed by atoms with Crippen molar-refractivity contribution in [1.29, 1.82) is 0 Å². The molecule has 0 saturated carbocycles. The smallest absolute Gasteiger partial charge is 0.391 e. The van der Waals surface area contributed by atoms with Crippen LogP contribution in [0.25, 0.3) is 0 Å². The highest BCUT2D eigenvalue weighted by Gasteiger charge is 2.41. The molecule has 1 aliphatic rings. The van der Waals surface area contributed by atoms with Crippen molar-refractivity contribution < 1.29 is 18.4 Å². The molecule has 0 atom stereocenters. The zero-order valence-corrected chi connectivity index (χ0v) is 12.7. The zero-order valence-electron chi connectivity index (χ0n) is 11.1. The van der Waals surface area contributed by atoms with Crippen LogP contribution in [0, 0.1) is 5.92 Å². The minimum atomic E-state index is -4.11. The molecule has 0 bridgehead atoms. The van der Waals surface area contributed by atoms with Gasteiger partial charge in [0.25, 0.3) is 0 Å². The summed E-state index contributed by atoms with van der Waals surface area (Å²) in [6.45, 7) is 0.721. The van der Waals surface area contributed by atoms with Crippen LogP contribution in [0.1, 0.15) is 18.4 Å². The second kappa shape index (κ2) is 6.13. The molecule has 1 aromatic carbocycles. The molecule has 0 spiro atoms. The summed E-state index contributed by atoms with van der Waals surface area (Å²) in [6.07, 6.45) is -3.91. The Morgan fingerprint density at radius 3 is 2.43 bits per heavy atom. The van der Waals surface area contributed by atoms with Crippen molar-refractivity contribution in [2.45, 2.75) is 19.0 Å². The van der Waals surface area contributed by atoms with Gasteiger partial charge in [0.2, 0.25) is 0 Å². The number of halogens is 4. The van der Waals surface area contributed by atoms with Crippen molar-refractivity contribution in [3.8, 4) is 0 Å². The Labute approximate surface area is 128 Å². The third-order valence-electron chi connectivity index (χ3n) is 3.66. The predicted octanol–water partition coefficient (Wildman–Crippen LogP) is 3.32. The zero-order chi connectivity index (χ0) is 15.6. The van der Waals surface area contributed by atoms with Crippen LogP contribution in [0.4, 0.5) is 18.9 Å². The van der Waals surface area contributed by atoms with Gasteiger partial charge >= 0.3 is 6.18 Å². The Morgan fingerprint density at radius 1 is 1.33 bits per heavy atom. The predicted molar refractivity (Wildman–Crippen MR) is 77.6 cm³/mol. The van der Waals surface area contributed by atoms with E-state index in [9.17, 15) is 13.2 Å². The van der Waals surface area contributed by atoms with Gasteiger partial charge in [0.15, 0.2) is 5.84 Å². The van der Waals surface area contributed by atoms with Gasteiger partial charge < -0.3 is 15.8 Å². The fourth-order valence-corrected chi connectivity index (χ4v) is 3.00. The van der Waals surface area contributed by atoms with Crippen molar-refractivity contribution in [3.05, 3.63) is 28.2 Å². The van der Waals surface area contributed by atoms with Gasteiger partial charge in [-0.2, -0.15) is 13.2 Å². The van der Waals surface area contributed by atoms with Gasteiger partial charge in [0.1, 0.15) is 0 Å². The van der Waals surface area contributed by atoms with Crippen LogP contribution in [0.5, 0.6) is 0 Å². The van der Waals surface area contributed by atoms with E-state index in [2.05, 4.69) is 21.1 Å². The van der Waals surface area contributed by atoms with Crippen molar-refractivity contribution in [3.63, 3.8) is 0 Å². The molecule has 0 radical (unpaired) electrons. The number of alkyl halides is 3. The molecule has 1 aromatic rings. The summed E-state index contributed by atoms with van der Waals surface area (Å²) in [5, 5.41) is 11.6. The highest BCUT2D eigenvalue weighted by Crippen LogP contribution is 2.36. The topological polar surface area (TPSA) is 61.9 Å². The lowest BCUT2D eigenvalue weighted by Gasteiger charge is -2.34. The van der Waals surface area contributed by atoms with Gasteiger partial charge in [-0.25, -0.2) is 0 Å². The molecule has 1 fully saturated rings. The van der Waals surface area contributed by atoms with E-state index < -0.39 is 12.1 Å². The molecule has 3 N–H and O–H groups in total. The maximum Gasteiger partial charge on any atom is 0.391 e. The van der Waals surface area contributed by atoms with Crippen molar-refractivity contribution in [1.82, 2.24) is 0 Å². The highest BCUT2D eigenvalue weighted by atomic mass is 79.9. The average molecular weight is 366 g/mol. The number of nitrogens with two attached hydrogens (primary N) is 1. The third-order valence-corrected chi connectivity index (χ3v) is 4.32. The van der Waals surface area contributed by atoms with Crippen LogP contribution in [-0.2, 0) is 0 Å². The summed E-state index contributed by atoms with van der Waals surface area (Å²) < 4.78 is 38.5. The summed E-state index contributed by atoms with van der Waals surface area (Å²) in [5.41, 5.74) is 6.87. The number of amidine groups is 1. The molecule has 4 nitrogen and oxygen atoms in total. The molecular weight excluding hydrogens is 351 g/mol. The molecule has 0 aromatic heterocycles. The first-order chi connectivity index (χ1) is 9.82. The number of benzene rings is 1. The minimum Gasteiger partial charge on any atom is -0.409 e. The van der Waals surface area contributed by atoms with E-state index in [1.54, 1.807) is 18.2 Å². The lowest BCUT2D eigenvalue weighted by molar-refractivity contribution is -0.179. The Morgan fingerprint density at radius 2 is 1.95 bits per heavy atom. The summed E-state index contributed by atoms with van der Waals surface area (Å²) in [4.78, 5) is 1.91. The molecule has 1 heterocycles. The van der Waals surface area contributed by atoms with E-state index in [4.69, 9.17) is 10.9 Å². The number of piperidine rings is 1. The summed E-state index contributed by atoms with van der Waals surface area (Å²) >= 11 is 3.32. The molecule has 1 saturated heterocycles. The van der Waals surface area contributed by atoms with Gasteiger partial charge in [0.05, 0.1) is 5.92 Å². The van der Waals surface area contributed by atoms with Crippen LogP contribution < -0.4 is 10.6 Å². The second-order valence-electron chi connectivity index (χ2n) is 4.95. The molecule has 21 heavy (non-hydrogen) atoms. The minimum absolute atomic E-state index is 0.0239. The summed E-state index contributed by atoms with van der Waals surface area (Å²) in [7, 11) is 0. The Balaban J connectivity index is 2.09. The van der Waals surface area contributed by atoms with Crippen molar-refractivity contribution >= 4 is 27.5 Å². The largest absolute Gasteiger partial charge is 0.409 e. The maximum atomic E-state index is 12.6. The van der Waals surface area contributed by atoms with Gasteiger partial charge in [0, 0.05) is 28.8 Å². The Bertz CT molecular complexity index is 540. The average Bonchev–Trinajstić information content (AvgIpc) is 2.45. The Kier molecular flexibility index (Phi) is 4.65.